The Labute approximate surface area is 127 Å². The average Bonchev–Trinajstić information content (AvgIpc) is 3.04. The maximum atomic E-state index is 12.9. The molecule has 0 aliphatic carbocycles. The van der Waals surface area contributed by atoms with Gasteiger partial charge in [0.15, 0.2) is 0 Å². The number of fused-ring (bicyclic) bond motifs is 1. The van der Waals surface area contributed by atoms with Gasteiger partial charge in [-0.05, 0) is 44.7 Å². The van der Waals surface area contributed by atoms with Gasteiger partial charge in [0, 0.05) is 19.6 Å². The van der Waals surface area contributed by atoms with E-state index >= 15 is 0 Å². The molecule has 0 spiro atoms. The number of likely N-dealkylation sites (tertiary alicyclic amines) is 1. The quantitative estimate of drug-likeness (QED) is 0.773. The van der Waals surface area contributed by atoms with Crippen molar-refractivity contribution in [3.05, 3.63) is 0 Å². The minimum atomic E-state index is -0.252. The smallest absolute Gasteiger partial charge is 0.246 e. The normalized spacial score (nSPS) is 34.2. The van der Waals surface area contributed by atoms with E-state index in [2.05, 4.69) is 25.8 Å². The van der Waals surface area contributed by atoms with Crippen LogP contribution in [0.4, 0.5) is 0 Å². The van der Waals surface area contributed by atoms with Crippen LogP contribution in [0.3, 0.4) is 0 Å². The lowest BCUT2D eigenvalue weighted by Crippen LogP contribution is -2.65. The Balaban J connectivity index is 1.80. The van der Waals surface area contributed by atoms with Crippen molar-refractivity contribution >= 4 is 11.8 Å². The lowest BCUT2D eigenvalue weighted by molar-refractivity contribution is -0.162. The summed E-state index contributed by atoms with van der Waals surface area (Å²) in [5.41, 5.74) is 0. The van der Waals surface area contributed by atoms with Gasteiger partial charge in [0.1, 0.15) is 12.1 Å². The van der Waals surface area contributed by atoms with Crippen LogP contribution >= 0.6 is 0 Å². The first-order valence-electron chi connectivity index (χ1n) is 8.28. The molecule has 0 bridgehead atoms. The highest BCUT2D eigenvalue weighted by Crippen LogP contribution is 2.31. The Morgan fingerprint density at radius 2 is 1.90 bits per heavy atom. The maximum Gasteiger partial charge on any atom is 0.246 e. The van der Waals surface area contributed by atoms with Gasteiger partial charge in [-0.15, -0.1) is 0 Å². The summed E-state index contributed by atoms with van der Waals surface area (Å²) in [7, 11) is 2.13. The zero-order valence-electron chi connectivity index (χ0n) is 13.4. The Morgan fingerprint density at radius 3 is 2.52 bits per heavy atom. The third-order valence-corrected chi connectivity index (χ3v) is 5.27. The number of hydrogen-bond donors (Lipinski definition) is 0. The van der Waals surface area contributed by atoms with E-state index in [4.69, 9.17) is 0 Å². The summed E-state index contributed by atoms with van der Waals surface area (Å²) in [5, 5.41) is 0. The predicted molar refractivity (Wildman–Crippen MR) is 80.7 cm³/mol. The molecule has 118 valence electrons. The fourth-order valence-electron chi connectivity index (χ4n) is 4.22. The zero-order chi connectivity index (χ0) is 15.1. The number of carbonyl (C=O) groups excluding carboxylic acids is 2. The summed E-state index contributed by atoms with van der Waals surface area (Å²) in [6.45, 7) is 7.76. The third kappa shape index (κ3) is 2.56. The van der Waals surface area contributed by atoms with Gasteiger partial charge in [-0.3, -0.25) is 9.59 Å². The first-order chi connectivity index (χ1) is 9.99. The predicted octanol–water partition coefficient (Wildman–Crippen LogP) is 0.796. The van der Waals surface area contributed by atoms with Crippen LogP contribution in [0.5, 0.6) is 0 Å². The minimum Gasteiger partial charge on any atom is -0.329 e. The highest BCUT2D eigenvalue weighted by atomic mass is 16.2. The van der Waals surface area contributed by atoms with Crippen molar-refractivity contribution in [1.29, 1.82) is 0 Å². The van der Waals surface area contributed by atoms with E-state index in [-0.39, 0.29) is 29.8 Å². The molecule has 0 aromatic rings. The molecule has 0 radical (unpaired) electrons. The molecular weight excluding hydrogens is 266 g/mol. The van der Waals surface area contributed by atoms with Gasteiger partial charge in [-0.1, -0.05) is 13.8 Å². The summed E-state index contributed by atoms with van der Waals surface area (Å²) < 4.78 is 0. The van der Waals surface area contributed by atoms with Crippen LogP contribution in [-0.4, -0.2) is 71.8 Å². The monoisotopic (exact) mass is 293 g/mol. The van der Waals surface area contributed by atoms with E-state index in [1.807, 2.05) is 9.80 Å². The first kappa shape index (κ1) is 14.8. The number of amides is 2. The molecule has 21 heavy (non-hydrogen) atoms. The molecule has 3 atom stereocenters. The van der Waals surface area contributed by atoms with Gasteiger partial charge in [-0.25, -0.2) is 0 Å². The summed E-state index contributed by atoms with van der Waals surface area (Å²) >= 11 is 0. The zero-order valence-corrected chi connectivity index (χ0v) is 13.4. The van der Waals surface area contributed by atoms with Gasteiger partial charge >= 0.3 is 0 Å². The second-order valence-corrected chi connectivity index (χ2v) is 7.29. The molecule has 2 amide bonds. The van der Waals surface area contributed by atoms with Crippen LogP contribution in [0, 0.1) is 11.8 Å². The molecule has 0 aromatic carbocycles. The van der Waals surface area contributed by atoms with E-state index < -0.39 is 0 Å². The van der Waals surface area contributed by atoms with Crippen LogP contribution in [0.15, 0.2) is 0 Å². The lowest BCUT2D eigenvalue weighted by atomic mass is 9.94. The molecule has 0 saturated carbocycles. The molecule has 3 aliphatic rings. The largest absolute Gasteiger partial charge is 0.329 e. The van der Waals surface area contributed by atoms with Crippen LogP contribution < -0.4 is 0 Å². The second kappa shape index (κ2) is 5.59. The number of carbonyl (C=O) groups is 2. The Bertz CT molecular complexity index is 437. The Kier molecular flexibility index (Phi) is 3.95. The molecule has 0 aromatic heterocycles. The summed E-state index contributed by atoms with van der Waals surface area (Å²) in [4.78, 5) is 31.7. The highest BCUT2D eigenvalue weighted by Gasteiger charge is 2.49. The topological polar surface area (TPSA) is 43.9 Å². The number of piperazine rings is 1. The van der Waals surface area contributed by atoms with Crippen molar-refractivity contribution in [2.75, 3.05) is 33.2 Å². The second-order valence-electron chi connectivity index (χ2n) is 7.29. The van der Waals surface area contributed by atoms with E-state index in [1.54, 1.807) is 0 Å². The summed E-state index contributed by atoms with van der Waals surface area (Å²) in [6, 6.07) is -0.426. The maximum absolute atomic E-state index is 12.9. The van der Waals surface area contributed by atoms with Crippen molar-refractivity contribution < 1.29 is 9.59 Å². The lowest BCUT2D eigenvalue weighted by Gasteiger charge is -2.44. The minimum absolute atomic E-state index is 0.174. The fraction of sp³-hybridized carbons (Fsp3) is 0.875. The highest BCUT2D eigenvalue weighted by molar-refractivity contribution is 5.97. The van der Waals surface area contributed by atoms with Crippen molar-refractivity contribution in [2.45, 2.75) is 45.2 Å². The molecule has 3 heterocycles. The van der Waals surface area contributed by atoms with Gasteiger partial charge in [0.25, 0.3) is 0 Å². The molecular formula is C16H27N3O2. The van der Waals surface area contributed by atoms with Crippen molar-refractivity contribution in [1.82, 2.24) is 14.7 Å². The first-order valence-corrected chi connectivity index (χ1v) is 8.28. The van der Waals surface area contributed by atoms with E-state index in [9.17, 15) is 9.59 Å². The van der Waals surface area contributed by atoms with E-state index in [0.717, 1.165) is 45.4 Å². The Hall–Kier alpha value is -1.10. The number of rotatable bonds is 3. The van der Waals surface area contributed by atoms with Crippen molar-refractivity contribution in [3.63, 3.8) is 0 Å². The van der Waals surface area contributed by atoms with Gasteiger partial charge in [0.05, 0.1) is 0 Å². The van der Waals surface area contributed by atoms with Gasteiger partial charge < -0.3 is 14.7 Å². The standard InChI is InChI=1S/C16H27N3O2/c1-11(2)14-16(21)18-7-4-5-13(18)15(20)19(14)10-12-6-8-17(3)9-12/h11-14H,4-10H2,1-3H3. The summed E-state index contributed by atoms with van der Waals surface area (Å²) in [5.74, 6) is 1.07. The van der Waals surface area contributed by atoms with Crippen LogP contribution in [0.25, 0.3) is 0 Å². The molecule has 5 heteroatoms. The summed E-state index contributed by atoms with van der Waals surface area (Å²) in [6.07, 6.45) is 2.94. The SMILES string of the molecule is CC(C)C1C(=O)N2CCCC2C(=O)N1CC1CCN(C)C1. The van der Waals surface area contributed by atoms with Gasteiger partial charge in [-0.2, -0.15) is 0 Å². The Morgan fingerprint density at radius 1 is 1.14 bits per heavy atom. The van der Waals surface area contributed by atoms with Crippen LogP contribution in [0.2, 0.25) is 0 Å². The third-order valence-electron chi connectivity index (χ3n) is 5.27. The molecule has 3 rings (SSSR count). The van der Waals surface area contributed by atoms with E-state index in [1.165, 1.54) is 0 Å². The van der Waals surface area contributed by atoms with Crippen molar-refractivity contribution in [2.24, 2.45) is 11.8 Å². The average molecular weight is 293 g/mol. The van der Waals surface area contributed by atoms with Crippen molar-refractivity contribution in [3.8, 4) is 0 Å². The molecule has 5 nitrogen and oxygen atoms in total. The molecule has 3 unspecified atom stereocenters. The van der Waals surface area contributed by atoms with Crippen LogP contribution in [0.1, 0.15) is 33.1 Å². The molecule has 3 aliphatic heterocycles. The molecule has 3 fully saturated rings. The molecule has 0 N–H and O–H groups in total. The van der Waals surface area contributed by atoms with Gasteiger partial charge in [0.2, 0.25) is 11.8 Å². The van der Waals surface area contributed by atoms with Crippen LogP contribution in [-0.2, 0) is 9.59 Å². The van der Waals surface area contributed by atoms with E-state index in [0.29, 0.717) is 5.92 Å². The number of nitrogens with zero attached hydrogens (tertiary/aromatic N) is 3. The fourth-order valence-corrected chi connectivity index (χ4v) is 4.22. The molecule has 3 saturated heterocycles. The number of hydrogen-bond acceptors (Lipinski definition) is 3.